The molecule has 4 nitrogen and oxygen atoms in total. The van der Waals surface area contributed by atoms with E-state index in [4.69, 9.17) is 21.4 Å². The van der Waals surface area contributed by atoms with Gasteiger partial charge < -0.3 is 9.84 Å². The van der Waals surface area contributed by atoms with Crippen LogP contribution in [0, 0.1) is 0 Å². The van der Waals surface area contributed by atoms with Gasteiger partial charge in [-0.05, 0) is 24.3 Å². The second kappa shape index (κ2) is 4.51. The number of aromatic carboxylic acids is 1. The van der Waals surface area contributed by atoms with Gasteiger partial charge in [0, 0.05) is 10.4 Å². The first-order valence-corrected chi connectivity index (χ1v) is 5.53. The molecule has 0 saturated carbocycles. The number of rotatable bonds is 3. The fraction of sp³-hybridized carbons (Fsp3) is 0. The molecule has 1 aromatic heterocycles. The van der Waals surface area contributed by atoms with Crippen LogP contribution in [0.4, 0.5) is 0 Å². The Balaban J connectivity index is 2.14. The minimum absolute atomic E-state index is 0.0195. The zero-order chi connectivity index (χ0) is 11.5. The second-order valence-corrected chi connectivity index (χ2v) is 4.12. The highest BCUT2D eigenvalue weighted by Crippen LogP contribution is 2.26. The number of hydrogen-bond acceptors (Lipinski definition) is 4. The van der Waals surface area contributed by atoms with E-state index in [-0.39, 0.29) is 5.69 Å². The Morgan fingerprint density at radius 3 is 2.62 bits per heavy atom. The maximum Gasteiger partial charge on any atom is 0.355 e. The average Bonchev–Trinajstić information content (AvgIpc) is 2.70. The van der Waals surface area contributed by atoms with Crippen molar-refractivity contribution in [1.82, 2.24) is 4.98 Å². The van der Waals surface area contributed by atoms with Gasteiger partial charge in [-0.25, -0.2) is 4.79 Å². The number of hydrogen-bond donors (Lipinski definition) is 1. The van der Waals surface area contributed by atoms with Gasteiger partial charge in [0.15, 0.2) is 5.69 Å². The summed E-state index contributed by atoms with van der Waals surface area (Å²) < 4.78 is 5.35. The molecule has 0 bridgehead atoms. The van der Waals surface area contributed by atoms with Crippen LogP contribution in [-0.2, 0) is 0 Å². The van der Waals surface area contributed by atoms with Crippen molar-refractivity contribution >= 4 is 28.9 Å². The van der Waals surface area contributed by atoms with Crippen molar-refractivity contribution in [2.45, 2.75) is 0 Å². The molecule has 0 unspecified atom stereocenters. The summed E-state index contributed by atoms with van der Waals surface area (Å²) >= 11 is 6.84. The third-order valence-electron chi connectivity index (χ3n) is 1.72. The van der Waals surface area contributed by atoms with E-state index >= 15 is 0 Å². The molecule has 16 heavy (non-hydrogen) atoms. The van der Waals surface area contributed by atoms with Gasteiger partial charge >= 0.3 is 5.97 Å². The maximum atomic E-state index is 10.6. The third kappa shape index (κ3) is 2.50. The number of carboxylic acid groups (broad SMARTS) is 1. The Morgan fingerprint density at radius 2 is 2.06 bits per heavy atom. The molecular weight excluding hydrogens is 250 g/mol. The molecule has 0 aliphatic rings. The second-order valence-electron chi connectivity index (χ2n) is 2.86. The molecule has 6 heteroatoms. The summed E-state index contributed by atoms with van der Waals surface area (Å²) in [6.07, 6.45) is 0. The van der Waals surface area contributed by atoms with Gasteiger partial charge in [-0.15, -0.1) is 0 Å². The van der Waals surface area contributed by atoms with Gasteiger partial charge in [-0.1, -0.05) is 22.9 Å². The van der Waals surface area contributed by atoms with Crippen LogP contribution in [0.1, 0.15) is 10.5 Å². The molecule has 1 aromatic carbocycles. The van der Waals surface area contributed by atoms with Crippen LogP contribution in [0.15, 0.2) is 29.6 Å². The Kier molecular flexibility index (Phi) is 3.07. The number of halogens is 1. The summed E-state index contributed by atoms with van der Waals surface area (Å²) in [6, 6.07) is 6.74. The molecule has 1 heterocycles. The van der Waals surface area contributed by atoms with E-state index in [0.717, 1.165) is 11.3 Å². The van der Waals surface area contributed by atoms with Crippen LogP contribution in [0.3, 0.4) is 0 Å². The lowest BCUT2D eigenvalue weighted by atomic mass is 10.3. The van der Waals surface area contributed by atoms with Crippen molar-refractivity contribution in [2.75, 3.05) is 0 Å². The smallest absolute Gasteiger partial charge is 0.355 e. The molecule has 2 aromatic rings. The molecule has 0 radical (unpaired) electrons. The maximum absolute atomic E-state index is 10.6. The summed E-state index contributed by atoms with van der Waals surface area (Å²) in [5.74, 6) is -0.502. The van der Waals surface area contributed by atoms with Crippen LogP contribution >= 0.6 is 22.9 Å². The molecule has 1 N–H and O–H groups in total. The van der Waals surface area contributed by atoms with Gasteiger partial charge in [0.1, 0.15) is 5.75 Å². The van der Waals surface area contributed by atoms with Crippen LogP contribution in [0.5, 0.6) is 10.9 Å². The lowest BCUT2D eigenvalue weighted by Crippen LogP contribution is -1.95. The number of carboxylic acids is 1. The molecular formula is C10H6ClNO3S. The Labute approximate surface area is 100 Å². The molecule has 0 spiro atoms. The number of carbonyl (C=O) groups is 1. The summed E-state index contributed by atoms with van der Waals surface area (Å²) in [5, 5.41) is 11.0. The monoisotopic (exact) mass is 255 g/mol. The van der Waals surface area contributed by atoms with E-state index in [1.54, 1.807) is 24.3 Å². The normalized spacial score (nSPS) is 10.1. The van der Waals surface area contributed by atoms with Gasteiger partial charge in [-0.3, -0.25) is 0 Å². The van der Waals surface area contributed by atoms with Crippen LogP contribution in [-0.4, -0.2) is 16.1 Å². The number of ether oxygens (including phenoxy) is 1. The Hall–Kier alpha value is -1.59. The molecule has 0 aliphatic carbocycles. The summed E-state index contributed by atoms with van der Waals surface area (Å²) in [6.45, 7) is 0. The lowest BCUT2D eigenvalue weighted by molar-refractivity contribution is 0.0690. The summed E-state index contributed by atoms with van der Waals surface area (Å²) in [4.78, 5) is 14.4. The van der Waals surface area contributed by atoms with E-state index in [0.29, 0.717) is 16.0 Å². The Morgan fingerprint density at radius 1 is 1.38 bits per heavy atom. The summed E-state index contributed by atoms with van der Waals surface area (Å²) in [7, 11) is 0. The van der Waals surface area contributed by atoms with Crippen LogP contribution < -0.4 is 4.74 Å². The molecule has 0 amide bonds. The van der Waals surface area contributed by atoms with Gasteiger partial charge in [0.05, 0.1) is 0 Å². The van der Waals surface area contributed by atoms with E-state index in [1.165, 1.54) is 5.38 Å². The molecule has 82 valence electrons. The highest BCUT2D eigenvalue weighted by Gasteiger charge is 2.09. The van der Waals surface area contributed by atoms with Crippen LogP contribution in [0.2, 0.25) is 5.02 Å². The predicted octanol–water partition coefficient (Wildman–Crippen LogP) is 3.29. The average molecular weight is 256 g/mol. The topological polar surface area (TPSA) is 59.4 Å². The van der Waals surface area contributed by atoms with Crippen molar-refractivity contribution in [3.63, 3.8) is 0 Å². The minimum atomic E-state index is -1.07. The van der Waals surface area contributed by atoms with Crippen molar-refractivity contribution in [2.24, 2.45) is 0 Å². The number of benzene rings is 1. The standard InChI is InChI=1S/C10H6ClNO3S/c11-6-1-3-7(4-2-6)15-10-12-8(5-16-10)9(13)14/h1-5H,(H,13,14). The first kappa shape index (κ1) is 10.9. The predicted molar refractivity (Wildman–Crippen MR) is 60.6 cm³/mol. The first-order chi connectivity index (χ1) is 7.65. The van der Waals surface area contributed by atoms with Gasteiger partial charge in [0.25, 0.3) is 5.19 Å². The van der Waals surface area contributed by atoms with E-state index in [2.05, 4.69) is 4.98 Å². The fourth-order valence-electron chi connectivity index (χ4n) is 1.01. The molecule has 0 saturated heterocycles. The SMILES string of the molecule is O=C(O)c1csc(Oc2ccc(Cl)cc2)n1. The highest BCUT2D eigenvalue weighted by atomic mass is 35.5. The third-order valence-corrected chi connectivity index (χ3v) is 2.69. The van der Waals surface area contributed by atoms with Crippen molar-refractivity contribution in [1.29, 1.82) is 0 Å². The number of aromatic nitrogens is 1. The minimum Gasteiger partial charge on any atom is -0.476 e. The Bertz CT molecular complexity index is 509. The number of thiazole rings is 1. The van der Waals surface area contributed by atoms with Gasteiger partial charge in [-0.2, -0.15) is 4.98 Å². The van der Waals surface area contributed by atoms with Crippen LogP contribution in [0.25, 0.3) is 0 Å². The van der Waals surface area contributed by atoms with E-state index in [9.17, 15) is 4.79 Å². The van der Waals surface area contributed by atoms with Crippen molar-refractivity contribution < 1.29 is 14.6 Å². The lowest BCUT2D eigenvalue weighted by Gasteiger charge is -2.00. The molecule has 0 fully saturated rings. The zero-order valence-electron chi connectivity index (χ0n) is 7.88. The molecule has 2 rings (SSSR count). The highest BCUT2D eigenvalue weighted by molar-refractivity contribution is 7.11. The quantitative estimate of drug-likeness (QED) is 0.914. The fourth-order valence-corrected chi connectivity index (χ4v) is 1.79. The van der Waals surface area contributed by atoms with E-state index < -0.39 is 5.97 Å². The van der Waals surface area contributed by atoms with Crippen molar-refractivity contribution in [3.8, 4) is 10.9 Å². The largest absolute Gasteiger partial charge is 0.476 e. The van der Waals surface area contributed by atoms with Crippen molar-refractivity contribution in [3.05, 3.63) is 40.4 Å². The van der Waals surface area contributed by atoms with Gasteiger partial charge in [0.2, 0.25) is 0 Å². The van der Waals surface area contributed by atoms with E-state index in [1.807, 2.05) is 0 Å². The first-order valence-electron chi connectivity index (χ1n) is 4.27. The molecule has 0 atom stereocenters. The summed E-state index contributed by atoms with van der Waals surface area (Å²) in [5.41, 5.74) is -0.0195. The zero-order valence-corrected chi connectivity index (χ0v) is 9.46. The number of nitrogens with zero attached hydrogens (tertiary/aromatic N) is 1. The molecule has 0 aliphatic heterocycles.